The van der Waals surface area contributed by atoms with Gasteiger partial charge in [-0.3, -0.25) is 0 Å². The van der Waals surface area contributed by atoms with Crippen LogP contribution in [0, 0.1) is 0 Å². The summed E-state index contributed by atoms with van der Waals surface area (Å²) in [6.07, 6.45) is 0. The molecule has 35 heavy (non-hydrogen) atoms. The Balaban J connectivity index is 1.83. The van der Waals surface area contributed by atoms with Gasteiger partial charge in [-0.05, 0) is 29.1 Å². The number of aromatic nitrogens is 2. The lowest BCUT2D eigenvalue weighted by molar-refractivity contribution is 0.356. The summed E-state index contributed by atoms with van der Waals surface area (Å²) in [5.74, 6) is 1.39. The number of ether oxygens (including phenoxy) is 2. The van der Waals surface area contributed by atoms with Crippen molar-refractivity contribution >= 4 is 16.3 Å². The Kier molecular flexibility index (Phi) is 5.19. The lowest BCUT2D eigenvalue weighted by Crippen LogP contribution is -1.97. The normalized spacial score (nSPS) is 11.1. The Morgan fingerprint density at radius 1 is 0.600 bits per heavy atom. The SMILES string of the molecule is COc1cc2cc(-c3ccccc3)n3nc(-c4ccccc4)c(-c4ccccc4)c3c2cc1OC. The number of nitrogens with zero attached hydrogens (tertiary/aromatic N) is 2. The fraction of sp³-hybridized carbons (Fsp3) is 0.0645. The van der Waals surface area contributed by atoms with Gasteiger partial charge in [0.15, 0.2) is 11.5 Å². The zero-order chi connectivity index (χ0) is 23.8. The Hall–Kier alpha value is -4.57. The summed E-state index contributed by atoms with van der Waals surface area (Å²) >= 11 is 0. The molecule has 0 radical (unpaired) electrons. The van der Waals surface area contributed by atoms with Crippen molar-refractivity contribution < 1.29 is 9.47 Å². The van der Waals surface area contributed by atoms with Crippen molar-refractivity contribution in [3.63, 3.8) is 0 Å². The summed E-state index contributed by atoms with van der Waals surface area (Å²) in [4.78, 5) is 0. The minimum Gasteiger partial charge on any atom is -0.493 e. The van der Waals surface area contributed by atoms with E-state index in [-0.39, 0.29) is 0 Å². The fourth-order valence-electron chi connectivity index (χ4n) is 4.76. The summed E-state index contributed by atoms with van der Waals surface area (Å²) in [5.41, 5.74) is 7.36. The molecular formula is C31H24N2O2. The van der Waals surface area contributed by atoms with Gasteiger partial charge >= 0.3 is 0 Å². The Labute approximate surface area is 204 Å². The van der Waals surface area contributed by atoms with Gasteiger partial charge in [0.1, 0.15) is 5.69 Å². The van der Waals surface area contributed by atoms with Gasteiger partial charge in [0.2, 0.25) is 0 Å². The molecule has 0 fully saturated rings. The molecule has 0 aliphatic carbocycles. The number of benzene rings is 4. The van der Waals surface area contributed by atoms with Crippen LogP contribution in [0.4, 0.5) is 0 Å². The maximum absolute atomic E-state index is 5.69. The number of hydrogen-bond acceptors (Lipinski definition) is 3. The molecule has 4 aromatic carbocycles. The van der Waals surface area contributed by atoms with Crippen molar-refractivity contribution in [1.29, 1.82) is 0 Å². The van der Waals surface area contributed by atoms with E-state index in [1.807, 2.05) is 24.3 Å². The van der Waals surface area contributed by atoms with E-state index in [9.17, 15) is 0 Å². The summed E-state index contributed by atoms with van der Waals surface area (Å²) in [5, 5.41) is 7.34. The highest BCUT2D eigenvalue weighted by molar-refractivity contribution is 6.09. The first-order chi connectivity index (χ1) is 17.3. The van der Waals surface area contributed by atoms with Gasteiger partial charge in [0.05, 0.1) is 25.4 Å². The van der Waals surface area contributed by atoms with Gasteiger partial charge in [0, 0.05) is 22.1 Å². The second-order valence-corrected chi connectivity index (χ2v) is 8.41. The Bertz CT molecular complexity index is 1640. The third kappa shape index (κ3) is 3.51. The summed E-state index contributed by atoms with van der Waals surface area (Å²) in [6, 6.07) is 37.5. The number of methoxy groups -OCH3 is 2. The van der Waals surface area contributed by atoms with Crippen molar-refractivity contribution in [2.45, 2.75) is 0 Å². The van der Waals surface area contributed by atoms with Gasteiger partial charge in [-0.1, -0.05) is 91.0 Å². The second-order valence-electron chi connectivity index (χ2n) is 8.41. The molecule has 6 aromatic rings. The Morgan fingerprint density at radius 3 is 1.74 bits per heavy atom. The minimum atomic E-state index is 0.691. The van der Waals surface area contributed by atoms with Crippen LogP contribution in [-0.2, 0) is 0 Å². The van der Waals surface area contributed by atoms with Crippen LogP contribution in [-0.4, -0.2) is 23.8 Å². The van der Waals surface area contributed by atoms with Gasteiger partial charge in [0.25, 0.3) is 0 Å². The van der Waals surface area contributed by atoms with Crippen LogP contribution in [0.1, 0.15) is 0 Å². The lowest BCUT2D eigenvalue weighted by atomic mass is 9.96. The predicted molar refractivity (Wildman–Crippen MR) is 142 cm³/mol. The van der Waals surface area contributed by atoms with Crippen molar-refractivity contribution in [2.24, 2.45) is 0 Å². The van der Waals surface area contributed by atoms with E-state index in [0.717, 1.165) is 49.9 Å². The van der Waals surface area contributed by atoms with Gasteiger partial charge in [-0.2, -0.15) is 5.10 Å². The number of hydrogen-bond donors (Lipinski definition) is 0. The topological polar surface area (TPSA) is 35.8 Å². The predicted octanol–water partition coefficient (Wildman–Crippen LogP) is 7.51. The molecule has 0 aliphatic rings. The fourth-order valence-corrected chi connectivity index (χ4v) is 4.76. The van der Waals surface area contributed by atoms with Gasteiger partial charge in [-0.25, -0.2) is 4.52 Å². The first kappa shape index (κ1) is 21.0. The molecule has 0 unspecified atom stereocenters. The van der Waals surface area contributed by atoms with Gasteiger partial charge < -0.3 is 9.47 Å². The van der Waals surface area contributed by atoms with Gasteiger partial charge in [-0.15, -0.1) is 0 Å². The molecule has 0 atom stereocenters. The highest BCUT2D eigenvalue weighted by atomic mass is 16.5. The molecule has 0 aliphatic heterocycles. The molecule has 2 aromatic heterocycles. The third-order valence-electron chi connectivity index (χ3n) is 6.40. The van der Waals surface area contributed by atoms with E-state index in [1.165, 1.54) is 0 Å². The molecular weight excluding hydrogens is 432 g/mol. The van der Waals surface area contributed by atoms with Crippen LogP contribution < -0.4 is 9.47 Å². The van der Waals surface area contributed by atoms with E-state index in [2.05, 4.69) is 89.4 Å². The summed E-state index contributed by atoms with van der Waals surface area (Å²) in [6.45, 7) is 0. The van der Waals surface area contributed by atoms with E-state index in [1.54, 1.807) is 14.2 Å². The maximum Gasteiger partial charge on any atom is 0.161 e. The molecule has 4 nitrogen and oxygen atoms in total. The monoisotopic (exact) mass is 456 g/mol. The summed E-state index contributed by atoms with van der Waals surface area (Å²) in [7, 11) is 3.34. The Morgan fingerprint density at radius 2 is 1.14 bits per heavy atom. The lowest BCUT2D eigenvalue weighted by Gasteiger charge is -2.14. The van der Waals surface area contributed by atoms with Crippen LogP contribution in [0.25, 0.3) is 49.9 Å². The average molecular weight is 457 g/mol. The highest BCUT2D eigenvalue weighted by Crippen LogP contribution is 2.43. The van der Waals surface area contributed by atoms with E-state index < -0.39 is 0 Å². The molecule has 0 saturated heterocycles. The van der Waals surface area contributed by atoms with Crippen LogP contribution >= 0.6 is 0 Å². The van der Waals surface area contributed by atoms with Crippen LogP contribution in [0.5, 0.6) is 11.5 Å². The van der Waals surface area contributed by atoms with E-state index >= 15 is 0 Å². The molecule has 0 bridgehead atoms. The first-order valence-electron chi connectivity index (χ1n) is 11.6. The molecule has 0 N–H and O–H groups in total. The smallest absolute Gasteiger partial charge is 0.161 e. The van der Waals surface area contributed by atoms with Crippen LogP contribution in [0.2, 0.25) is 0 Å². The highest BCUT2D eigenvalue weighted by Gasteiger charge is 2.22. The minimum absolute atomic E-state index is 0.691. The second kappa shape index (κ2) is 8.65. The van der Waals surface area contributed by atoms with Crippen LogP contribution in [0.3, 0.4) is 0 Å². The first-order valence-corrected chi connectivity index (χ1v) is 11.6. The molecule has 2 heterocycles. The molecule has 0 amide bonds. The molecule has 170 valence electrons. The zero-order valence-corrected chi connectivity index (χ0v) is 19.6. The van der Waals surface area contributed by atoms with E-state index in [0.29, 0.717) is 11.5 Å². The van der Waals surface area contributed by atoms with Crippen molar-refractivity contribution in [3.8, 4) is 45.1 Å². The number of rotatable bonds is 5. The molecule has 4 heteroatoms. The van der Waals surface area contributed by atoms with E-state index in [4.69, 9.17) is 14.6 Å². The quantitative estimate of drug-likeness (QED) is 0.269. The van der Waals surface area contributed by atoms with Crippen molar-refractivity contribution in [1.82, 2.24) is 9.61 Å². The van der Waals surface area contributed by atoms with Crippen LogP contribution in [0.15, 0.2) is 109 Å². The standard InChI is InChI=1S/C31H24N2O2/c1-34-27-19-24-18-26(21-12-6-3-7-13-21)33-31(25(24)20-28(27)35-2)29(22-14-8-4-9-15-22)30(32-33)23-16-10-5-11-17-23/h3-20H,1-2H3. The van der Waals surface area contributed by atoms with Crippen molar-refractivity contribution in [2.75, 3.05) is 14.2 Å². The molecule has 0 spiro atoms. The number of pyridine rings is 1. The third-order valence-corrected chi connectivity index (χ3v) is 6.40. The summed E-state index contributed by atoms with van der Waals surface area (Å²) < 4.78 is 13.4. The maximum atomic E-state index is 5.69. The average Bonchev–Trinajstić information content (AvgIpc) is 3.34. The molecule has 6 rings (SSSR count). The largest absolute Gasteiger partial charge is 0.493 e. The zero-order valence-electron chi connectivity index (χ0n) is 19.6. The number of fused-ring (bicyclic) bond motifs is 3. The van der Waals surface area contributed by atoms with Crippen molar-refractivity contribution in [3.05, 3.63) is 109 Å². The molecule has 0 saturated carbocycles.